The van der Waals surface area contributed by atoms with E-state index in [0.29, 0.717) is 11.4 Å². The molecule has 0 N–H and O–H groups in total. The smallest absolute Gasteiger partial charge is 0.231 e. The first-order valence-corrected chi connectivity index (χ1v) is 6.18. The maximum atomic E-state index is 12.4. The Bertz CT molecular complexity index is 732. The molecule has 0 amide bonds. The van der Waals surface area contributed by atoms with Gasteiger partial charge in [0.25, 0.3) is 0 Å². The lowest BCUT2D eigenvalue weighted by Gasteiger charge is -2.06. The Morgan fingerprint density at radius 2 is 1.85 bits per heavy atom. The highest BCUT2D eigenvalue weighted by molar-refractivity contribution is 6.06. The molecule has 2 heterocycles. The van der Waals surface area contributed by atoms with Crippen molar-refractivity contribution in [1.82, 2.24) is 19.7 Å². The van der Waals surface area contributed by atoms with E-state index in [2.05, 4.69) is 15.1 Å². The van der Waals surface area contributed by atoms with Crippen molar-refractivity contribution in [3.8, 4) is 5.69 Å². The predicted molar refractivity (Wildman–Crippen MR) is 73.8 cm³/mol. The summed E-state index contributed by atoms with van der Waals surface area (Å²) in [5.41, 5.74) is 2.39. The number of para-hydroxylation sites is 1. The average Bonchev–Trinajstić information content (AvgIpc) is 2.97. The van der Waals surface area contributed by atoms with Crippen molar-refractivity contribution in [1.29, 1.82) is 0 Å². The maximum Gasteiger partial charge on any atom is 0.231 e. The van der Waals surface area contributed by atoms with Gasteiger partial charge in [0.05, 0.1) is 23.8 Å². The lowest BCUT2D eigenvalue weighted by Crippen LogP contribution is -2.11. The second kappa shape index (κ2) is 5.05. The molecule has 0 aliphatic rings. The molecule has 0 saturated carbocycles. The van der Waals surface area contributed by atoms with Crippen molar-refractivity contribution < 1.29 is 4.79 Å². The molecule has 0 atom stereocenters. The van der Waals surface area contributed by atoms with Crippen LogP contribution in [0.4, 0.5) is 0 Å². The minimum atomic E-state index is -0.196. The summed E-state index contributed by atoms with van der Waals surface area (Å²) in [6.07, 6.45) is 4.66. The molecule has 0 saturated heterocycles. The van der Waals surface area contributed by atoms with Crippen LogP contribution in [-0.4, -0.2) is 25.5 Å². The zero-order valence-corrected chi connectivity index (χ0v) is 10.9. The van der Waals surface area contributed by atoms with E-state index in [9.17, 15) is 4.79 Å². The molecule has 0 fully saturated rings. The third-order valence-electron chi connectivity index (χ3n) is 2.89. The zero-order chi connectivity index (χ0) is 13.9. The van der Waals surface area contributed by atoms with E-state index in [1.165, 1.54) is 6.20 Å². The van der Waals surface area contributed by atoms with Crippen LogP contribution in [0.3, 0.4) is 0 Å². The van der Waals surface area contributed by atoms with Crippen molar-refractivity contribution in [2.75, 3.05) is 0 Å². The zero-order valence-electron chi connectivity index (χ0n) is 10.9. The molecule has 0 bridgehead atoms. The maximum absolute atomic E-state index is 12.4. The number of aryl methyl sites for hydroxylation is 1. The Hall–Kier alpha value is -2.82. The van der Waals surface area contributed by atoms with Crippen molar-refractivity contribution in [3.63, 3.8) is 0 Å². The van der Waals surface area contributed by atoms with Crippen LogP contribution in [0.25, 0.3) is 5.69 Å². The second-order valence-electron chi connectivity index (χ2n) is 4.34. The van der Waals surface area contributed by atoms with Gasteiger partial charge in [0.15, 0.2) is 0 Å². The summed E-state index contributed by atoms with van der Waals surface area (Å²) in [5.74, 6) is -0.196. The van der Waals surface area contributed by atoms with Crippen molar-refractivity contribution in [2.45, 2.75) is 6.92 Å². The fourth-order valence-corrected chi connectivity index (χ4v) is 1.89. The number of rotatable bonds is 3. The van der Waals surface area contributed by atoms with Crippen molar-refractivity contribution in [3.05, 3.63) is 72.1 Å². The largest absolute Gasteiger partial charge is 0.285 e. The second-order valence-corrected chi connectivity index (χ2v) is 4.34. The van der Waals surface area contributed by atoms with Crippen LogP contribution in [0.5, 0.6) is 0 Å². The van der Waals surface area contributed by atoms with Gasteiger partial charge in [0.1, 0.15) is 11.4 Å². The van der Waals surface area contributed by atoms with E-state index >= 15 is 0 Å². The Morgan fingerprint density at radius 1 is 1.05 bits per heavy atom. The first-order valence-electron chi connectivity index (χ1n) is 6.18. The molecule has 1 aromatic carbocycles. The summed E-state index contributed by atoms with van der Waals surface area (Å²) in [6.45, 7) is 1.83. The van der Waals surface area contributed by atoms with Gasteiger partial charge in [-0.05, 0) is 25.1 Å². The van der Waals surface area contributed by atoms with Gasteiger partial charge in [-0.1, -0.05) is 18.2 Å². The van der Waals surface area contributed by atoms with Crippen molar-refractivity contribution in [2.24, 2.45) is 0 Å². The fourth-order valence-electron chi connectivity index (χ4n) is 1.89. The third-order valence-corrected chi connectivity index (χ3v) is 2.89. The SMILES string of the molecule is Cc1cnc(C(=O)c2ccnn2-c2ccccc2)cn1. The number of hydrogen-bond donors (Lipinski definition) is 0. The summed E-state index contributed by atoms with van der Waals surface area (Å²) in [5, 5.41) is 4.20. The highest BCUT2D eigenvalue weighted by Gasteiger charge is 2.16. The van der Waals surface area contributed by atoms with Crippen LogP contribution in [0.1, 0.15) is 21.9 Å². The van der Waals surface area contributed by atoms with Crippen LogP contribution in [-0.2, 0) is 0 Å². The molecule has 5 nitrogen and oxygen atoms in total. The minimum Gasteiger partial charge on any atom is -0.285 e. The van der Waals surface area contributed by atoms with E-state index in [1.807, 2.05) is 37.3 Å². The average molecular weight is 264 g/mol. The van der Waals surface area contributed by atoms with E-state index in [1.54, 1.807) is 23.1 Å². The van der Waals surface area contributed by atoms with Crippen LogP contribution in [0.15, 0.2) is 55.0 Å². The highest BCUT2D eigenvalue weighted by Crippen LogP contribution is 2.13. The predicted octanol–water partition coefficient (Wildman–Crippen LogP) is 2.20. The fraction of sp³-hybridized carbons (Fsp3) is 0.0667. The highest BCUT2D eigenvalue weighted by atomic mass is 16.1. The van der Waals surface area contributed by atoms with Gasteiger partial charge in [0.2, 0.25) is 5.78 Å². The number of benzene rings is 1. The molecule has 0 radical (unpaired) electrons. The van der Waals surface area contributed by atoms with Gasteiger partial charge in [-0.25, -0.2) is 9.67 Å². The standard InChI is InChI=1S/C15H12N4O/c1-11-9-17-13(10-16-11)15(20)14-7-8-18-19(14)12-5-3-2-4-6-12/h2-10H,1H3. The molecule has 0 unspecified atom stereocenters. The van der Waals surface area contributed by atoms with Crippen molar-refractivity contribution >= 4 is 5.78 Å². The lowest BCUT2D eigenvalue weighted by atomic mass is 10.2. The van der Waals surface area contributed by atoms with E-state index in [-0.39, 0.29) is 5.78 Å². The molecular weight excluding hydrogens is 252 g/mol. The summed E-state index contributed by atoms with van der Waals surface area (Å²) < 4.78 is 1.60. The number of aromatic nitrogens is 4. The first-order chi connectivity index (χ1) is 9.75. The van der Waals surface area contributed by atoms with Gasteiger partial charge in [-0.15, -0.1) is 0 Å². The first kappa shape index (κ1) is 12.2. The molecule has 0 aliphatic carbocycles. The molecule has 2 aromatic heterocycles. The monoisotopic (exact) mass is 264 g/mol. The van der Waals surface area contributed by atoms with Gasteiger partial charge >= 0.3 is 0 Å². The number of ketones is 1. The molecule has 98 valence electrons. The Morgan fingerprint density at radius 3 is 2.55 bits per heavy atom. The van der Waals surface area contributed by atoms with E-state index in [0.717, 1.165) is 11.4 Å². The lowest BCUT2D eigenvalue weighted by molar-refractivity contribution is 0.102. The molecule has 0 aliphatic heterocycles. The van der Waals surface area contributed by atoms with Gasteiger partial charge < -0.3 is 0 Å². The van der Waals surface area contributed by atoms with Crippen LogP contribution >= 0.6 is 0 Å². The van der Waals surface area contributed by atoms with E-state index in [4.69, 9.17) is 0 Å². The topological polar surface area (TPSA) is 60.7 Å². The molecule has 0 spiro atoms. The molecule has 5 heteroatoms. The number of nitrogens with zero attached hydrogens (tertiary/aromatic N) is 4. The Kier molecular flexibility index (Phi) is 3.09. The Balaban J connectivity index is 2.02. The normalized spacial score (nSPS) is 10.4. The van der Waals surface area contributed by atoms with E-state index < -0.39 is 0 Å². The van der Waals surface area contributed by atoms with Gasteiger partial charge in [-0.3, -0.25) is 9.78 Å². The Labute approximate surface area is 115 Å². The number of carbonyl (C=O) groups excluding carboxylic acids is 1. The summed E-state index contributed by atoms with van der Waals surface area (Å²) in [7, 11) is 0. The summed E-state index contributed by atoms with van der Waals surface area (Å²) >= 11 is 0. The third kappa shape index (κ3) is 2.21. The molecule has 3 rings (SSSR count). The van der Waals surface area contributed by atoms with Crippen LogP contribution in [0, 0.1) is 6.92 Å². The molecule has 3 aromatic rings. The van der Waals surface area contributed by atoms with Crippen LogP contribution < -0.4 is 0 Å². The molecule has 20 heavy (non-hydrogen) atoms. The van der Waals surface area contributed by atoms with Crippen LogP contribution in [0.2, 0.25) is 0 Å². The summed E-state index contributed by atoms with van der Waals surface area (Å²) in [6, 6.07) is 11.2. The molecular formula is C15H12N4O. The minimum absolute atomic E-state index is 0.196. The quantitative estimate of drug-likeness (QED) is 0.680. The van der Waals surface area contributed by atoms with Gasteiger partial charge in [-0.2, -0.15) is 5.10 Å². The summed E-state index contributed by atoms with van der Waals surface area (Å²) in [4.78, 5) is 20.7. The van der Waals surface area contributed by atoms with Gasteiger partial charge in [0, 0.05) is 6.20 Å². The number of carbonyl (C=O) groups is 1. The number of hydrogen-bond acceptors (Lipinski definition) is 4.